The normalized spacial score (nSPS) is 18.1. The number of likely N-dealkylation sites (tertiary alicyclic amines) is 1. The minimum Gasteiger partial charge on any atom is -0.321 e. The molecule has 1 aliphatic rings. The number of anilines is 1. The van der Waals surface area contributed by atoms with E-state index in [9.17, 15) is 4.79 Å². The summed E-state index contributed by atoms with van der Waals surface area (Å²) in [6, 6.07) is 12.9. The molecule has 1 saturated heterocycles. The van der Waals surface area contributed by atoms with Crippen molar-refractivity contribution >= 4 is 34.8 Å². The van der Waals surface area contributed by atoms with Crippen LogP contribution in [0.15, 0.2) is 42.5 Å². The summed E-state index contributed by atoms with van der Waals surface area (Å²) in [6.45, 7) is 5.54. The van der Waals surface area contributed by atoms with E-state index < -0.39 is 0 Å². The van der Waals surface area contributed by atoms with Crippen LogP contribution in [0.1, 0.15) is 35.7 Å². The zero-order valence-corrected chi connectivity index (χ0v) is 15.8. The molecule has 2 aromatic carbocycles. The SMILES string of the molecule is C[C@H]1CCCN(Cc2ccc(C(=O)Nc3cccc(Cl)c3Cl)cc2)C1. The Morgan fingerprint density at radius 2 is 1.96 bits per heavy atom. The fraction of sp³-hybridized carbons (Fsp3) is 0.350. The molecule has 0 radical (unpaired) electrons. The first-order chi connectivity index (χ1) is 12.0. The maximum absolute atomic E-state index is 12.4. The van der Waals surface area contributed by atoms with Crippen LogP contribution in [0.25, 0.3) is 0 Å². The van der Waals surface area contributed by atoms with Crippen molar-refractivity contribution in [2.24, 2.45) is 5.92 Å². The van der Waals surface area contributed by atoms with Gasteiger partial charge in [0.1, 0.15) is 0 Å². The van der Waals surface area contributed by atoms with Gasteiger partial charge in [-0.15, -0.1) is 0 Å². The predicted molar refractivity (Wildman–Crippen MR) is 105 cm³/mol. The van der Waals surface area contributed by atoms with E-state index in [0.717, 1.165) is 25.6 Å². The largest absolute Gasteiger partial charge is 0.321 e. The highest BCUT2D eigenvalue weighted by molar-refractivity contribution is 6.44. The highest BCUT2D eigenvalue weighted by atomic mass is 35.5. The van der Waals surface area contributed by atoms with Gasteiger partial charge < -0.3 is 5.32 Å². The second kappa shape index (κ2) is 8.22. The quantitative estimate of drug-likeness (QED) is 0.766. The van der Waals surface area contributed by atoms with E-state index in [0.29, 0.717) is 21.3 Å². The lowest BCUT2D eigenvalue weighted by Crippen LogP contribution is -2.33. The minimum absolute atomic E-state index is 0.192. The van der Waals surface area contributed by atoms with E-state index in [-0.39, 0.29) is 5.91 Å². The van der Waals surface area contributed by atoms with Gasteiger partial charge in [-0.3, -0.25) is 9.69 Å². The average Bonchev–Trinajstić information content (AvgIpc) is 2.59. The van der Waals surface area contributed by atoms with Crippen molar-refractivity contribution in [3.05, 3.63) is 63.6 Å². The van der Waals surface area contributed by atoms with Crippen molar-refractivity contribution in [3.8, 4) is 0 Å². The van der Waals surface area contributed by atoms with E-state index in [1.807, 2.05) is 24.3 Å². The van der Waals surface area contributed by atoms with Crippen LogP contribution in [0, 0.1) is 5.92 Å². The summed E-state index contributed by atoms with van der Waals surface area (Å²) in [6.07, 6.45) is 2.59. The number of rotatable bonds is 4. The van der Waals surface area contributed by atoms with Crippen LogP contribution in [-0.2, 0) is 6.54 Å². The Morgan fingerprint density at radius 3 is 2.68 bits per heavy atom. The van der Waals surface area contributed by atoms with Crippen molar-refractivity contribution in [3.63, 3.8) is 0 Å². The van der Waals surface area contributed by atoms with Gasteiger partial charge in [0.05, 0.1) is 15.7 Å². The highest BCUT2D eigenvalue weighted by Crippen LogP contribution is 2.29. The molecule has 1 aliphatic heterocycles. The number of piperidine rings is 1. The monoisotopic (exact) mass is 376 g/mol. The van der Waals surface area contributed by atoms with Crippen molar-refractivity contribution in [2.45, 2.75) is 26.3 Å². The van der Waals surface area contributed by atoms with Gasteiger partial charge in [0.25, 0.3) is 5.91 Å². The molecule has 1 amide bonds. The van der Waals surface area contributed by atoms with Gasteiger partial charge in [-0.1, -0.05) is 48.3 Å². The molecule has 1 heterocycles. The van der Waals surface area contributed by atoms with Gasteiger partial charge in [-0.25, -0.2) is 0 Å². The summed E-state index contributed by atoms with van der Waals surface area (Å²) in [5.41, 5.74) is 2.35. The van der Waals surface area contributed by atoms with E-state index in [1.165, 1.54) is 18.4 Å². The molecule has 1 fully saturated rings. The maximum Gasteiger partial charge on any atom is 0.255 e. The lowest BCUT2D eigenvalue weighted by Gasteiger charge is -2.30. The number of carbonyl (C=O) groups excluding carboxylic acids is 1. The molecular formula is C20H22Cl2N2O. The van der Waals surface area contributed by atoms with Gasteiger partial charge in [0, 0.05) is 18.7 Å². The average molecular weight is 377 g/mol. The van der Waals surface area contributed by atoms with Gasteiger partial charge in [-0.2, -0.15) is 0 Å². The Hall–Kier alpha value is -1.55. The van der Waals surface area contributed by atoms with E-state index in [1.54, 1.807) is 18.2 Å². The maximum atomic E-state index is 12.4. The lowest BCUT2D eigenvalue weighted by molar-refractivity contribution is 0.102. The first kappa shape index (κ1) is 18.2. The number of amides is 1. The van der Waals surface area contributed by atoms with Gasteiger partial charge >= 0.3 is 0 Å². The van der Waals surface area contributed by atoms with Gasteiger partial charge in [0.2, 0.25) is 0 Å². The summed E-state index contributed by atoms with van der Waals surface area (Å²) in [7, 11) is 0. The molecule has 132 valence electrons. The smallest absolute Gasteiger partial charge is 0.255 e. The number of benzene rings is 2. The molecule has 1 N–H and O–H groups in total. The molecular weight excluding hydrogens is 355 g/mol. The molecule has 0 spiro atoms. The van der Waals surface area contributed by atoms with Crippen molar-refractivity contribution in [1.82, 2.24) is 4.90 Å². The molecule has 0 aliphatic carbocycles. The Balaban J connectivity index is 1.63. The number of nitrogens with one attached hydrogen (secondary N) is 1. The summed E-state index contributed by atoms with van der Waals surface area (Å²) >= 11 is 12.1. The van der Waals surface area contributed by atoms with Crippen LogP contribution in [0.3, 0.4) is 0 Å². The fourth-order valence-corrected chi connectivity index (χ4v) is 3.59. The third kappa shape index (κ3) is 4.75. The Bertz CT molecular complexity index is 746. The summed E-state index contributed by atoms with van der Waals surface area (Å²) in [4.78, 5) is 14.9. The van der Waals surface area contributed by atoms with Crippen molar-refractivity contribution in [2.75, 3.05) is 18.4 Å². The molecule has 0 bridgehead atoms. The third-order valence-corrected chi connectivity index (χ3v) is 5.38. The Labute approximate surface area is 158 Å². The fourth-order valence-electron chi connectivity index (χ4n) is 3.24. The lowest BCUT2D eigenvalue weighted by atomic mass is 9.99. The zero-order valence-electron chi connectivity index (χ0n) is 14.3. The molecule has 1 atom stereocenters. The molecule has 5 heteroatoms. The second-order valence-electron chi connectivity index (χ2n) is 6.73. The molecule has 25 heavy (non-hydrogen) atoms. The highest BCUT2D eigenvalue weighted by Gasteiger charge is 2.16. The zero-order chi connectivity index (χ0) is 17.8. The van der Waals surface area contributed by atoms with Gasteiger partial charge in [-0.05, 0) is 55.1 Å². The predicted octanol–water partition coefficient (Wildman–Crippen LogP) is 5.48. The van der Waals surface area contributed by atoms with Crippen LogP contribution in [0.4, 0.5) is 5.69 Å². The molecule has 0 unspecified atom stereocenters. The summed E-state index contributed by atoms with van der Waals surface area (Å²) in [5, 5.41) is 3.59. The molecule has 3 nitrogen and oxygen atoms in total. The minimum atomic E-state index is -0.192. The summed E-state index contributed by atoms with van der Waals surface area (Å²) < 4.78 is 0. The Morgan fingerprint density at radius 1 is 1.20 bits per heavy atom. The van der Waals surface area contributed by atoms with Crippen LogP contribution < -0.4 is 5.32 Å². The van der Waals surface area contributed by atoms with Crippen LogP contribution in [-0.4, -0.2) is 23.9 Å². The molecule has 2 aromatic rings. The van der Waals surface area contributed by atoms with Crippen LogP contribution in [0.5, 0.6) is 0 Å². The van der Waals surface area contributed by atoms with E-state index in [4.69, 9.17) is 23.2 Å². The number of halogens is 2. The first-order valence-corrected chi connectivity index (χ1v) is 9.35. The number of hydrogen-bond acceptors (Lipinski definition) is 2. The molecule has 3 rings (SSSR count). The standard InChI is InChI=1S/C20H22Cl2N2O/c1-14-4-3-11-24(12-14)13-15-7-9-16(10-8-15)20(25)23-18-6-2-5-17(21)19(18)22/h2,5-10,14H,3-4,11-13H2,1H3,(H,23,25)/t14-/m0/s1. The van der Waals surface area contributed by atoms with Crippen molar-refractivity contribution in [1.29, 1.82) is 0 Å². The topological polar surface area (TPSA) is 32.3 Å². The van der Waals surface area contributed by atoms with E-state index in [2.05, 4.69) is 17.1 Å². The van der Waals surface area contributed by atoms with Crippen LogP contribution >= 0.6 is 23.2 Å². The van der Waals surface area contributed by atoms with Crippen molar-refractivity contribution < 1.29 is 4.79 Å². The number of hydrogen-bond donors (Lipinski definition) is 1. The molecule has 0 saturated carbocycles. The Kier molecular flexibility index (Phi) is 6.00. The summed E-state index contributed by atoms with van der Waals surface area (Å²) in [5.74, 6) is 0.573. The van der Waals surface area contributed by atoms with Crippen LogP contribution in [0.2, 0.25) is 10.0 Å². The molecule has 0 aromatic heterocycles. The third-order valence-electron chi connectivity index (χ3n) is 4.56. The first-order valence-electron chi connectivity index (χ1n) is 8.59. The van der Waals surface area contributed by atoms with E-state index >= 15 is 0 Å². The van der Waals surface area contributed by atoms with Gasteiger partial charge in [0.15, 0.2) is 0 Å². The second-order valence-corrected chi connectivity index (χ2v) is 7.52. The number of nitrogens with zero attached hydrogens (tertiary/aromatic N) is 1. The number of carbonyl (C=O) groups is 1.